The van der Waals surface area contributed by atoms with Gasteiger partial charge in [0.1, 0.15) is 11.4 Å². The van der Waals surface area contributed by atoms with Crippen LogP contribution in [0.25, 0.3) is 0 Å². The van der Waals surface area contributed by atoms with E-state index in [0.29, 0.717) is 19.7 Å². The molecule has 0 aromatic carbocycles. The Bertz CT molecular complexity index is 688. The van der Waals surface area contributed by atoms with E-state index in [0.717, 1.165) is 37.7 Å². The summed E-state index contributed by atoms with van der Waals surface area (Å²) in [6, 6.07) is 4.41. The van der Waals surface area contributed by atoms with Crippen molar-refractivity contribution >= 4 is 11.9 Å². The van der Waals surface area contributed by atoms with Crippen molar-refractivity contribution in [1.82, 2.24) is 9.88 Å². The molecule has 0 radical (unpaired) electrons. The number of hydrogen-bond donors (Lipinski definition) is 0. The van der Waals surface area contributed by atoms with E-state index < -0.39 is 5.60 Å². The number of morpholine rings is 1. The maximum atomic E-state index is 12.3. The number of rotatable bonds is 2. The van der Waals surface area contributed by atoms with Crippen molar-refractivity contribution in [3.8, 4) is 0 Å². The molecule has 0 atom stereocenters. The number of piperidine rings is 1. The first-order valence-corrected chi connectivity index (χ1v) is 10.2. The smallest absolute Gasteiger partial charge is 0.410 e. The monoisotopic (exact) mass is 373 g/mol. The SMILES string of the molecule is CC(C)(C)OC(=O)N1CCC2(CC1)CN(c1cc(C3CC3)ccn1)CCO2. The topological polar surface area (TPSA) is 54.9 Å². The molecule has 4 rings (SSSR count). The third kappa shape index (κ3) is 4.37. The summed E-state index contributed by atoms with van der Waals surface area (Å²) < 4.78 is 11.7. The minimum atomic E-state index is -0.456. The lowest BCUT2D eigenvalue weighted by Crippen LogP contribution is -2.58. The van der Waals surface area contributed by atoms with Crippen LogP contribution in [0.3, 0.4) is 0 Å². The Morgan fingerprint density at radius 3 is 2.67 bits per heavy atom. The van der Waals surface area contributed by atoms with E-state index in [2.05, 4.69) is 22.0 Å². The lowest BCUT2D eigenvalue weighted by atomic mass is 9.89. The molecule has 0 N–H and O–H groups in total. The number of aromatic nitrogens is 1. The summed E-state index contributed by atoms with van der Waals surface area (Å²) in [5.41, 5.74) is 0.775. The third-order valence-electron chi connectivity index (χ3n) is 5.72. The molecule has 0 unspecified atom stereocenters. The van der Waals surface area contributed by atoms with Gasteiger partial charge in [0.2, 0.25) is 0 Å². The summed E-state index contributed by atoms with van der Waals surface area (Å²) in [5.74, 6) is 1.80. The van der Waals surface area contributed by atoms with Gasteiger partial charge in [-0.3, -0.25) is 0 Å². The Morgan fingerprint density at radius 2 is 2.00 bits per heavy atom. The van der Waals surface area contributed by atoms with E-state index in [1.807, 2.05) is 31.9 Å². The number of pyridine rings is 1. The van der Waals surface area contributed by atoms with Gasteiger partial charge in [-0.05, 0) is 70.1 Å². The molecular formula is C21H31N3O3. The normalized spacial score (nSPS) is 22.8. The van der Waals surface area contributed by atoms with Crippen molar-refractivity contribution in [2.45, 2.75) is 63.6 Å². The summed E-state index contributed by atoms with van der Waals surface area (Å²) in [7, 11) is 0. The lowest BCUT2D eigenvalue weighted by Gasteiger charge is -2.47. The number of carbonyl (C=O) groups is 1. The van der Waals surface area contributed by atoms with Crippen LogP contribution in [-0.2, 0) is 9.47 Å². The van der Waals surface area contributed by atoms with Gasteiger partial charge in [-0.2, -0.15) is 0 Å². The van der Waals surface area contributed by atoms with Gasteiger partial charge < -0.3 is 19.3 Å². The van der Waals surface area contributed by atoms with Gasteiger partial charge >= 0.3 is 6.09 Å². The van der Waals surface area contributed by atoms with Gasteiger partial charge in [0.05, 0.1) is 12.2 Å². The predicted molar refractivity (Wildman–Crippen MR) is 104 cm³/mol. The first kappa shape index (κ1) is 18.5. The second-order valence-corrected chi connectivity index (χ2v) is 9.14. The van der Waals surface area contributed by atoms with Gasteiger partial charge in [-0.25, -0.2) is 9.78 Å². The molecule has 27 heavy (non-hydrogen) atoms. The second-order valence-electron chi connectivity index (χ2n) is 9.14. The van der Waals surface area contributed by atoms with Crippen molar-refractivity contribution < 1.29 is 14.3 Å². The highest BCUT2D eigenvalue weighted by molar-refractivity contribution is 5.68. The minimum Gasteiger partial charge on any atom is -0.444 e. The van der Waals surface area contributed by atoms with Crippen molar-refractivity contribution in [2.75, 3.05) is 37.7 Å². The molecule has 3 aliphatic rings. The minimum absolute atomic E-state index is 0.186. The standard InChI is InChI=1S/C21H31N3O3/c1-20(2,3)27-19(25)23-10-7-21(8-11-23)15-24(12-13-26-21)18-14-17(6-9-22-18)16-4-5-16/h6,9,14,16H,4-5,7-8,10-13,15H2,1-3H3. The van der Waals surface area contributed by atoms with Crippen LogP contribution in [0.4, 0.5) is 10.6 Å². The molecule has 3 fully saturated rings. The van der Waals surface area contributed by atoms with E-state index in [9.17, 15) is 4.79 Å². The predicted octanol–water partition coefficient (Wildman–Crippen LogP) is 3.57. The summed E-state index contributed by atoms with van der Waals surface area (Å²) in [6.07, 6.45) is 6.00. The molecule has 148 valence electrons. The van der Waals surface area contributed by atoms with Crippen LogP contribution in [0.15, 0.2) is 18.3 Å². The highest BCUT2D eigenvalue weighted by Gasteiger charge is 2.41. The first-order valence-electron chi connectivity index (χ1n) is 10.2. The number of hydrogen-bond acceptors (Lipinski definition) is 5. The number of ether oxygens (including phenoxy) is 2. The molecule has 1 spiro atoms. The summed E-state index contributed by atoms with van der Waals surface area (Å²) >= 11 is 0. The zero-order valence-corrected chi connectivity index (χ0v) is 16.7. The zero-order chi connectivity index (χ0) is 19.1. The lowest BCUT2D eigenvalue weighted by molar-refractivity contribution is -0.0913. The molecule has 2 saturated heterocycles. The largest absolute Gasteiger partial charge is 0.444 e. The zero-order valence-electron chi connectivity index (χ0n) is 16.7. The van der Waals surface area contributed by atoms with Crippen molar-refractivity contribution in [1.29, 1.82) is 0 Å². The Hall–Kier alpha value is -1.82. The molecule has 1 aromatic rings. The van der Waals surface area contributed by atoms with Crippen LogP contribution in [0.5, 0.6) is 0 Å². The molecule has 2 aliphatic heterocycles. The average Bonchev–Trinajstić information content (AvgIpc) is 3.46. The maximum Gasteiger partial charge on any atom is 0.410 e. The quantitative estimate of drug-likeness (QED) is 0.793. The molecule has 6 heteroatoms. The van der Waals surface area contributed by atoms with E-state index in [-0.39, 0.29) is 11.7 Å². The fraction of sp³-hybridized carbons (Fsp3) is 0.714. The third-order valence-corrected chi connectivity index (χ3v) is 5.72. The van der Waals surface area contributed by atoms with Gasteiger partial charge in [0.15, 0.2) is 0 Å². The van der Waals surface area contributed by atoms with E-state index in [4.69, 9.17) is 9.47 Å². The number of amides is 1. The highest BCUT2D eigenvalue weighted by atomic mass is 16.6. The van der Waals surface area contributed by atoms with Gasteiger partial charge in [0, 0.05) is 32.4 Å². The van der Waals surface area contributed by atoms with Crippen LogP contribution in [0, 0.1) is 0 Å². The van der Waals surface area contributed by atoms with E-state index in [1.54, 1.807) is 0 Å². The van der Waals surface area contributed by atoms with Gasteiger partial charge in [0.25, 0.3) is 0 Å². The molecular weight excluding hydrogens is 342 g/mol. The van der Waals surface area contributed by atoms with Crippen LogP contribution >= 0.6 is 0 Å². The number of nitrogens with zero attached hydrogens (tertiary/aromatic N) is 3. The van der Waals surface area contributed by atoms with E-state index >= 15 is 0 Å². The second kappa shape index (κ2) is 6.97. The van der Waals surface area contributed by atoms with Crippen molar-refractivity contribution in [3.05, 3.63) is 23.9 Å². The average molecular weight is 373 g/mol. The first-order chi connectivity index (χ1) is 12.8. The van der Waals surface area contributed by atoms with Crippen molar-refractivity contribution in [3.63, 3.8) is 0 Å². The Balaban J connectivity index is 1.38. The van der Waals surface area contributed by atoms with Crippen molar-refractivity contribution in [2.24, 2.45) is 0 Å². The van der Waals surface area contributed by atoms with Crippen LogP contribution < -0.4 is 4.90 Å². The van der Waals surface area contributed by atoms with Crippen LogP contribution in [0.2, 0.25) is 0 Å². The molecule has 1 amide bonds. The molecule has 3 heterocycles. The maximum absolute atomic E-state index is 12.3. The molecule has 1 aliphatic carbocycles. The van der Waals surface area contributed by atoms with Crippen LogP contribution in [-0.4, -0.2) is 60.0 Å². The van der Waals surface area contributed by atoms with Gasteiger partial charge in [-0.1, -0.05) is 0 Å². The molecule has 0 bridgehead atoms. The molecule has 1 aromatic heterocycles. The Labute approximate surface area is 161 Å². The fourth-order valence-electron chi connectivity index (χ4n) is 4.04. The number of anilines is 1. The Kier molecular flexibility index (Phi) is 4.78. The fourth-order valence-corrected chi connectivity index (χ4v) is 4.04. The van der Waals surface area contributed by atoms with Gasteiger partial charge in [-0.15, -0.1) is 0 Å². The Morgan fingerprint density at radius 1 is 1.26 bits per heavy atom. The summed E-state index contributed by atoms with van der Waals surface area (Å²) in [6.45, 7) is 9.50. The van der Waals surface area contributed by atoms with Crippen LogP contribution in [0.1, 0.15) is 57.9 Å². The molecule has 1 saturated carbocycles. The number of likely N-dealkylation sites (tertiary alicyclic amines) is 1. The number of carbonyl (C=O) groups excluding carboxylic acids is 1. The van der Waals surface area contributed by atoms with E-state index in [1.165, 1.54) is 18.4 Å². The highest BCUT2D eigenvalue weighted by Crippen LogP contribution is 2.41. The summed E-state index contributed by atoms with van der Waals surface area (Å²) in [5, 5.41) is 0. The summed E-state index contributed by atoms with van der Waals surface area (Å²) in [4.78, 5) is 21.1. The molecule has 6 nitrogen and oxygen atoms in total.